The molecule has 0 aromatic heterocycles. The smallest absolute Gasteiger partial charge is 0.230 e. The minimum Gasteiger partial charge on any atom is -0.355 e. The molecule has 2 heterocycles. The van der Waals surface area contributed by atoms with Crippen LogP contribution in [0.15, 0.2) is 0 Å². The Balaban J connectivity index is 1.52. The van der Waals surface area contributed by atoms with E-state index in [1.54, 1.807) is 0 Å². The maximum Gasteiger partial charge on any atom is 0.230 e. The first-order valence-corrected chi connectivity index (χ1v) is 9.60. The summed E-state index contributed by atoms with van der Waals surface area (Å²) in [5.74, 6) is 1.39. The Morgan fingerprint density at radius 2 is 2.00 bits per heavy atom. The second-order valence-corrected chi connectivity index (χ2v) is 7.82. The zero-order chi connectivity index (χ0) is 14.9. The molecule has 2 aliphatic rings. The molecule has 122 valence electrons. The average Bonchev–Trinajstić information content (AvgIpc) is 2.53. The van der Waals surface area contributed by atoms with Crippen molar-refractivity contribution in [3.63, 3.8) is 0 Å². The number of amides is 1. The number of thioether (sulfide) groups is 1. The van der Waals surface area contributed by atoms with E-state index in [0.29, 0.717) is 16.9 Å². The van der Waals surface area contributed by atoms with Gasteiger partial charge in [-0.3, -0.25) is 4.79 Å². The normalized spacial score (nSPS) is 22.9. The summed E-state index contributed by atoms with van der Waals surface area (Å²) in [7, 11) is 0. The fourth-order valence-electron chi connectivity index (χ4n) is 3.14. The molecule has 1 atom stereocenters. The van der Waals surface area contributed by atoms with E-state index in [1.807, 2.05) is 11.8 Å². The Kier molecular flexibility index (Phi) is 7.89. The van der Waals surface area contributed by atoms with Crippen LogP contribution in [-0.4, -0.2) is 61.1 Å². The van der Waals surface area contributed by atoms with Crippen molar-refractivity contribution < 1.29 is 4.79 Å². The third-order valence-electron chi connectivity index (χ3n) is 4.40. The number of hydrogen-bond donors (Lipinski definition) is 2. The molecule has 0 aromatic carbocycles. The van der Waals surface area contributed by atoms with Gasteiger partial charge in [0.15, 0.2) is 0 Å². The second-order valence-electron chi connectivity index (χ2n) is 6.53. The standard InChI is InChI=1S/C16H31N3OS/c1-14(12-19-9-3-2-4-10-19)11-18-16(20)13-21-15-5-7-17-8-6-15/h14-15,17H,2-13H2,1H3,(H,18,20). The number of nitrogens with zero attached hydrogens (tertiary/aromatic N) is 1. The van der Waals surface area contributed by atoms with Gasteiger partial charge in [0.05, 0.1) is 5.75 Å². The lowest BCUT2D eigenvalue weighted by Gasteiger charge is -2.29. The first kappa shape index (κ1) is 17.1. The zero-order valence-electron chi connectivity index (χ0n) is 13.4. The van der Waals surface area contributed by atoms with Gasteiger partial charge in [0.2, 0.25) is 5.91 Å². The highest BCUT2D eigenvalue weighted by molar-refractivity contribution is 8.00. The van der Waals surface area contributed by atoms with E-state index < -0.39 is 0 Å². The van der Waals surface area contributed by atoms with Crippen LogP contribution < -0.4 is 10.6 Å². The summed E-state index contributed by atoms with van der Waals surface area (Å²) in [4.78, 5) is 14.5. The quantitative estimate of drug-likeness (QED) is 0.751. The van der Waals surface area contributed by atoms with Crippen LogP contribution in [0.25, 0.3) is 0 Å². The van der Waals surface area contributed by atoms with Crippen LogP contribution in [0.3, 0.4) is 0 Å². The molecule has 2 fully saturated rings. The van der Waals surface area contributed by atoms with Crippen LogP contribution in [0.4, 0.5) is 0 Å². The minimum atomic E-state index is 0.212. The number of carbonyl (C=O) groups excluding carboxylic acids is 1. The van der Waals surface area contributed by atoms with Crippen molar-refractivity contribution in [3.05, 3.63) is 0 Å². The molecule has 21 heavy (non-hydrogen) atoms. The average molecular weight is 314 g/mol. The van der Waals surface area contributed by atoms with Gasteiger partial charge in [-0.1, -0.05) is 13.3 Å². The lowest BCUT2D eigenvalue weighted by Crippen LogP contribution is -2.38. The highest BCUT2D eigenvalue weighted by atomic mass is 32.2. The van der Waals surface area contributed by atoms with Crippen LogP contribution in [0, 0.1) is 5.92 Å². The molecule has 0 aromatic rings. The van der Waals surface area contributed by atoms with Gasteiger partial charge >= 0.3 is 0 Å². The molecule has 1 amide bonds. The van der Waals surface area contributed by atoms with Crippen molar-refractivity contribution in [3.8, 4) is 0 Å². The van der Waals surface area contributed by atoms with E-state index >= 15 is 0 Å². The molecule has 2 rings (SSSR count). The maximum atomic E-state index is 11.9. The largest absolute Gasteiger partial charge is 0.355 e. The van der Waals surface area contributed by atoms with E-state index in [0.717, 1.165) is 26.2 Å². The number of hydrogen-bond acceptors (Lipinski definition) is 4. The van der Waals surface area contributed by atoms with Gasteiger partial charge in [-0.2, -0.15) is 0 Å². The van der Waals surface area contributed by atoms with Gasteiger partial charge in [0.1, 0.15) is 0 Å². The summed E-state index contributed by atoms with van der Waals surface area (Å²) in [6, 6.07) is 0. The van der Waals surface area contributed by atoms with Crippen LogP contribution in [0.1, 0.15) is 39.0 Å². The third kappa shape index (κ3) is 7.02. The van der Waals surface area contributed by atoms with E-state index in [-0.39, 0.29) is 5.91 Å². The molecule has 2 saturated heterocycles. The fourth-order valence-corrected chi connectivity index (χ4v) is 4.20. The number of carbonyl (C=O) groups is 1. The van der Waals surface area contributed by atoms with Crippen molar-refractivity contribution >= 4 is 17.7 Å². The number of nitrogens with one attached hydrogen (secondary N) is 2. The summed E-state index contributed by atoms with van der Waals surface area (Å²) in [6.45, 7) is 8.88. The van der Waals surface area contributed by atoms with Crippen LogP contribution in [0.2, 0.25) is 0 Å². The topological polar surface area (TPSA) is 44.4 Å². The van der Waals surface area contributed by atoms with Crippen molar-refractivity contribution in [1.82, 2.24) is 15.5 Å². The summed E-state index contributed by atoms with van der Waals surface area (Å²) in [5.41, 5.74) is 0. The van der Waals surface area contributed by atoms with Crippen LogP contribution >= 0.6 is 11.8 Å². The second kappa shape index (κ2) is 9.70. The van der Waals surface area contributed by atoms with Gasteiger partial charge in [-0.05, 0) is 57.8 Å². The fraction of sp³-hybridized carbons (Fsp3) is 0.938. The lowest BCUT2D eigenvalue weighted by atomic mass is 10.1. The number of piperidine rings is 2. The SMILES string of the molecule is CC(CNC(=O)CSC1CCNCC1)CN1CCCCC1. The Morgan fingerprint density at radius 1 is 1.29 bits per heavy atom. The summed E-state index contributed by atoms with van der Waals surface area (Å²) >= 11 is 1.83. The van der Waals surface area contributed by atoms with Crippen molar-refractivity contribution in [1.29, 1.82) is 0 Å². The predicted octanol–water partition coefficient (Wildman–Crippen LogP) is 1.71. The summed E-state index contributed by atoms with van der Waals surface area (Å²) in [5, 5.41) is 7.14. The van der Waals surface area contributed by atoms with Crippen LogP contribution in [0.5, 0.6) is 0 Å². The monoisotopic (exact) mass is 313 g/mol. The van der Waals surface area contributed by atoms with Gasteiger partial charge < -0.3 is 15.5 Å². The molecule has 5 heteroatoms. The van der Waals surface area contributed by atoms with Gasteiger partial charge in [0.25, 0.3) is 0 Å². The predicted molar refractivity (Wildman–Crippen MR) is 90.8 cm³/mol. The Morgan fingerprint density at radius 3 is 2.71 bits per heavy atom. The number of rotatable bonds is 7. The molecular formula is C16H31N3OS. The van der Waals surface area contributed by atoms with Crippen molar-refractivity contribution in [2.45, 2.75) is 44.3 Å². The van der Waals surface area contributed by atoms with E-state index in [1.165, 1.54) is 45.2 Å². The highest BCUT2D eigenvalue weighted by Gasteiger charge is 2.16. The molecule has 0 bridgehead atoms. The molecule has 0 spiro atoms. The minimum absolute atomic E-state index is 0.212. The molecule has 2 N–H and O–H groups in total. The highest BCUT2D eigenvalue weighted by Crippen LogP contribution is 2.19. The van der Waals surface area contributed by atoms with Gasteiger partial charge in [-0.15, -0.1) is 11.8 Å². The molecule has 1 unspecified atom stereocenters. The van der Waals surface area contributed by atoms with Gasteiger partial charge in [0, 0.05) is 18.3 Å². The third-order valence-corrected chi connectivity index (χ3v) is 5.77. The van der Waals surface area contributed by atoms with E-state index in [2.05, 4.69) is 22.5 Å². The van der Waals surface area contributed by atoms with Crippen molar-refractivity contribution in [2.75, 3.05) is 45.0 Å². The molecule has 0 radical (unpaired) electrons. The molecule has 2 aliphatic heterocycles. The maximum absolute atomic E-state index is 11.9. The Labute approximate surface area is 133 Å². The Hall–Kier alpha value is -0.260. The molecule has 0 aliphatic carbocycles. The van der Waals surface area contributed by atoms with Gasteiger partial charge in [-0.25, -0.2) is 0 Å². The zero-order valence-corrected chi connectivity index (χ0v) is 14.2. The summed E-state index contributed by atoms with van der Waals surface area (Å²) in [6.07, 6.45) is 6.46. The lowest BCUT2D eigenvalue weighted by molar-refractivity contribution is -0.118. The summed E-state index contributed by atoms with van der Waals surface area (Å²) < 4.78 is 0. The van der Waals surface area contributed by atoms with Crippen molar-refractivity contribution in [2.24, 2.45) is 5.92 Å². The Bertz CT molecular complexity index is 302. The first-order valence-electron chi connectivity index (χ1n) is 8.55. The molecule has 0 saturated carbocycles. The van der Waals surface area contributed by atoms with Crippen LogP contribution in [-0.2, 0) is 4.79 Å². The van der Waals surface area contributed by atoms with E-state index in [4.69, 9.17) is 0 Å². The molecule has 4 nitrogen and oxygen atoms in total. The number of likely N-dealkylation sites (tertiary alicyclic amines) is 1. The first-order chi connectivity index (χ1) is 10.2. The van der Waals surface area contributed by atoms with E-state index in [9.17, 15) is 4.79 Å². The molecular weight excluding hydrogens is 282 g/mol.